The van der Waals surface area contributed by atoms with Gasteiger partial charge in [0.25, 0.3) is 0 Å². The first kappa shape index (κ1) is 38.6. The molecule has 1 saturated heterocycles. The van der Waals surface area contributed by atoms with Crippen molar-refractivity contribution in [3.63, 3.8) is 0 Å². The number of nitrogens with zero attached hydrogens (tertiary/aromatic N) is 4. The van der Waals surface area contributed by atoms with Gasteiger partial charge in [0.15, 0.2) is 23.1 Å². The van der Waals surface area contributed by atoms with Gasteiger partial charge in [0.2, 0.25) is 11.8 Å². The second-order valence-electron chi connectivity index (χ2n) is 16.1. The van der Waals surface area contributed by atoms with Gasteiger partial charge in [-0.05, 0) is 97.5 Å². The molecule has 6 atom stereocenters. The summed E-state index contributed by atoms with van der Waals surface area (Å²) in [6.07, 6.45) is 3.87. The molecule has 10 nitrogen and oxygen atoms in total. The molecule has 0 spiro atoms. The number of phenols is 1. The van der Waals surface area contributed by atoms with Crippen LogP contribution in [0.5, 0.6) is 11.5 Å². The number of fused-ring (bicyclic) bond motifs is 4. The number of hydrogen-bond acceptors (Lipinski definition) is 9. The number of Topliss-reactive ketones (excluding diaryl/α,β-unsaturated/α-hetero) is 1. The highest BCUT2D eigenvalue weighted by molar-refractivity contribution is 6.32. The predicted molar refractivity (Wildman–Crippen MR) is 230 cm³/mol. The summed E-state index contributed by atoms with van der Waals surface area (Å²) in [5, 5.41) is 20.8. The minimum Gasteiger partial charge on any atom is -0.504 e. The molecule has 2 amide bonds. The maximum absolute atomic E-state index is 15.3. The van der Waals surface area contributed by atoms with E-state index in [0.29, 0.717) is 45.9 Å². The molecule has 1 saturated carbocycles. The average Bonchev–Trinajstić information content (AvgIpc) is 3.53. The fourth-order valence-electron chi connectivity index (χ4n) is 10.1. The van der Waals surface area contributed by atoms with Crippen molar-refractivity contribution in [1.82, 2.24) is 0 Å². The summed E-state index contributed by atoms with van der Waals surface area (Å²) < 4.78 is 5.87. The van der Waals surface area contributed by atoms with E-state index in [9.17, 15) is 14.7 Å². The number of anilines is 2. The van der Waals surface area contributed by atoms with Crippen LogP contribution in [0.1, 0.15) is 42.4 Å². The zero-order valence-electron chi connectivity index (χ0n) is 33.6. The van der Waals surface area contributed by atoms with Crippen molar-refractivity contribution in [2.45, 2.75) is 31.1 Å². The first-order valence-corrected chi connectivity index (χ1v) is 20.4. The summed E-state index contributed by atoms with van der Waals surface area (Å²) in [6.45, 7) is 2.12. The highest BCUT2D eigenvalue weighted by atomic mass is 16.5. The van der Waals surface area contributed by atoms with Crippen LogP contribution < -0.4 is 14.5 Å². The topological polar surface area (TPSA) is 129 Å². The van der Waals surface area contributed by atoms with E-state index in [-0.39, 0.29) is 47.7 Å². The SMILES string of the molecule is CCOc1cccc([C@H]2C3=CC[C@@H]4C(=O)N(c5ccc(N=Nc6ccc(N(C)C)cc6)cc5)C(=O)[C@@H]4[C@@H]3C[C@H]3C(=O)C(c4ccccc4)=CC(=O)[C@@]23c2ccccc2)c1O. The maximum Gasteiger partial charge on any atom is 0.238 e. The molecule has 9 rings (SSSR count). The van der Waals surface area contributed by atoms with Gasteiger partial charge in [0.1, 0.15) is 0 Å². The van der Waals surface area contributed by atoms with Crippen LogP contribution in [-0.2, 0) is 24.6 Å². The van der Waals surface area contributed by atoms with E-state index in [1.807, 2.05) is 117 Å². The van der Waals surface area contributed by atoms with Crippen LogP contribution in [0.15, 0.2) is 155 Å². The van der Waals surface area contributed by atoms with Crippen molar-refractivity contribution >= 4 is 51.7 Å². The number of carbonyl (C=O) groups is 4. The molecule has 0 bridgehead atoms. The number of aromatic hydroxyl groups is 1. The fourth-order valence-corrected chi connectivity index (χ4v) is 10.1. The number of benzene rings is 5. The van der Waals surface area contributed by atoms with Crippen LogP contribution in [0.4, 0.5) is 22.7 Å². The van der Waals surface area contributed by atoms with Crippen LogP contribution in [-0.4, -0.2) is 49.2 Å². The van der Waals surface area contributed by atoms with Crippen LogP contribution in [0.25, 0.3) is 5.57 Å². The van der Waals surface area contributed by atoms with E-state index in [2.05, 4.69) is 10.2 Å². The molecule has 10 heteroatoms. The summed E-state index contributed by atoms with van der Waals surface area (Å²) in [5.74, 6) is -4.90. The highest BCUT2D eigenvalue weighted by Crippen LogP contribution is 2.65. The normalized spacial score (nSPS) is 24.7. The molecule has 5 aromatic carbocycles. The molecule has 0 aromatic heterocycles. The molecule has 2 fully saturated rings. The van der Waals surface area contributed by atoms with Gasteiger partial charge in [-0.3, -0.25) is 24.1 Å². The molecule has 4 aliphatic rings. The fraction of sp³-hybridized carbons (Fsp3) is 0.240. The number of carbonyl (C=O) groups excluding carboxylic acids is 4. The summed E-state index contributed by atoms with van der Waals surface area (Å²) >= 11 is 0. The van der Waals surface area contributed by atoms with E-state index in [1.165, 1.54) is 11.0 Å². The number of allylic oxidation sites excluding steroid dienone is 4. The number of azo groups is 1. The minimum absolute atomic E-state index is 0.126. The third kappa shape index (κ3) is 6.17. The Morgan fingerprint density at radius 3 is 2.07 bits per heavy atom. The number of ether oxygens (including phenoxy) is 1. The van der Waals surface area contributed by atoms with Crippen molar-refractivity contribution in [2.75, 3.05) is 30.5 Å². The lowest BCUT2D eigenvalue weighted by molar-refractivity contribution is -0.135. The first-order valence-electron chi connectivity index (χ1n) is 20.4. The largest absolute Gasteiger partial charge is 0.504 e. The Bertz CT molecular complexity index is 2600. The van der Waals surface area contributed by atoms with Gasteiger partial charge in [0.05, 0.1) is 40.9 Å². The summed E-state index contributed by atoms with van der Waals surface area (Å²) in [5.41, 5.74) is 3.99. The van der Waals surface area contributed by atoms with Crippen molar-refractivity contribution in [3.8, 4) is 11.5 Å². The van der Waals surface area contributed by atoms with Crippen molar-refractivity contribution in [3.05, 3.63) is 162 Å². The minimum atomic E-state index is -1.47. The summed E-state index contributed by atoms with van der Waals surface area (Å²) in [4.78, 5) is 63.1. The molecule has 1 aliphatic heterocycles. The molecular weight excluding hydrogens is 753 g/mol. The van der Waals surface area contributed by atoms with E-state index < -0.39 is 35.0 Å². The van der Waals surface area contributed by atoms with Crippen LogP contribution in [0, 0.1) is 23.7 Å². The maximum atomic E-state index is 15.3. The van der Waals surface area contributed by atoms with Gasteiger partial charge >= 0.3 is 0 Å². The molecule has 5 aromatic rings. The highest BCUT2D eigenvalue weighted by Gasteiger charge is 2.66. The molecule has 3 aliphatic carbocycles. The van der Waals surface area contributed by atoms with Crippen LogP contribution in [0.3, 0.4) is 0 Å². The number of rotatable bonds is 9. The van der Waals surface area contributed by atoms with E-state index >= 15 is 9.59 Å². The number of amides is 2. The Morgan fingerprint density at radius 1 is 0.767 bits per heavy atom. The second-order valence-corrected chi connectivity index (χ2v) is 16.1. The third-order valence-electron chi connectivity index (χ3n) is 12.8. The van der Waals surface area contributed by atoms with Crippen molar-refractivity contribution in [2.24, 2.45) is 33.9 Å². The van der Waals surface area contributed by atoms with E-state index in [1.54, 1.807) is 42.5 Å². The number of hydrogen-bond donors (Lipinski definition) is 1. The van der Waals surface area contributed by atoms with E-state index in [4.69, 9.17) is 4.74 Å². The molecule has 1 heterocycles. The molecular formula is C50H44N4O6. The molecule has 300 valence electrons. The Morgan fingerprint density at radius 2 is 1.42 bits per heavy atom. The van der Waals surface area contributed by atoms with E-state index in [0.717, 1.165) is 11.3 Å². The van der Waals surface area contributed by atoms with Crippen LogP contribution >= 0.6 is 0 Å². The van der Waals surface area contributed by atoms with Gasteiger partial charge < -0.3 is 14.7 Å². The number of phenolic OH excluding ortho intramolecular Hbond substituents is 1. The summed E-state index contributed by atoms with van der Waals surface area (Å²) in [6, 6.07) is 38.2. The van der Waals surface area contributed by atoms with Crippen molar-refractivity contribution in [1.29, 1.82) is 0 Å². The standard InChI is InChI=1S/C50H44N4O6/c1-4-60-42-17-11-16-38(47(42)57)45-36-26-27-37-44(49(59)54(48(37)58)35-24-20-33(21-25-35)52-51-32-18-22-34(23-19-32)53(2)3)40(36)28-41-46(56)39(30-12-7-5-8-13-30)29-43(55)50(41,45)31-14-9-6-10-15-31/h5-26,29,37,40-41,44-45,57H,4,27-28H2,1-3H3/t37-,40+,41-,44-,45+,50-/m0/s1. The number of para-hydroxylation sites is 1. The van der Waals surface area contributed by atoms with Crippen LogP contribution in [0.2, 0.25) is 0 Å². The average molecular weight is 797 g/mol. The smallest absolute Gasteiger partial charge is 0.238 e. The molecule has 0 unspecified atom stereocenters. The van der Waals surface area contributed by atoms with Gasteiger partial charge in [0, 0.05) is 42.8 Å². The van der Waals surface area contributed by atoms with Gasteiger partial charge in [-0.2, -0.15) is 10.2 Å². The number of ketones is 2. The Balaban J connectivity index is 1.13. The Kier molecular flexibility index (Phi) is 9.86. The molecule has 1 N–H and O–H groups in total. The predicted octanol–water partition coefficient (Wildman–Crippen LogP) is 9.30. The monoisotopic (exact) mass is 796 g/mol. The lowest BCUT2D eigenvalue weighted by atomic mass is 9.44. The Hall–Kier alpha value is -6.94. The zero-order valence-corrected chi connectivity index (χ0v) is 33.6. The quantitative estimate of drug-likeness (QED) is 0.0895. The Labute approximate surface area is 348 Å². The molecule has 0 radical (unpaired) electrons. The zero-order chi connectivity index (χ0) is 41.7. The van der Waals surface area contributed by atoms with Gasteiger partial charge in [-0.1, -0.05) is 84.4 Å². The number of imide groups is 1. The third-order valence-corrected chi connectivity index (χ3v) is 12.8. The van der Waals surface area contributed by atoms with Crippen molar-refractivity contribution < 1.29 is 29.0 Å². The molecule has 60 heavy (non-hydrogen) atoms. The first-order chi connectivity index (χ1) is 29.1. The van der Waals surface area contributed by atoms with Gasteiger partial charge in [-0.15, -0.1) is 0 Å². The second kappa shape index (κ2) is 15.3. The summed E-state index contributed by atoms with van der Waals surface area (Å²) in [7, 11) is 3.93. The van der Waals surface area contributed by atoms with Gasteiger partial charge in [-0.25, -0.2) is 0 Å². The lowest BCUT2D eigenvalue weighted by Gasteiger charge is -2.55. The lowest BCUT2D eigenvalue weighted by Crippen LogP contribution is -2.58.